The number of hydrogen-bond donors (Lipinski definition) is 0. The molecule has 0 atom stereocenters. The molecule has 0 bridgehead atoms. The van der Waals surface area contributed by atoms with E-state index in [0.717, 1.165) is 4.47 Å². The number of nitrogens with zero attached hydrogens (tertiary/aromatic N) is 2. The van der Waals surface area contributed by atoms with Gasteiger partial charge >= 0.3 is 0 Å². The fourth-order valence-electron chi connectivity index (χ4n) is 6.68. The number of aromatic nitrogens is 2. The van der Waals surface area contributed by atoms with Crippen molar-refractivity contribution >= 4 is 70.1 Å². The lowest BCUT2D eigenvalue weighted by Crippen LogP contribution is -1.86. The first kappa shape index (κ1) is 30.5. The average Bonchev–Trinajstić information content (AvgIpc) is 3.69. The summed E-state index contributed by atoms with van der Waals surface area (Å²) >= 11 is 3.53. The van der Waals surface area contributed by atoms with Gasteiger partial charge in [-0.2, -0.15) is 0 Å². The fourth-order valence-corrected chi connectivity index (χ4v) is 7.19. The third kappa shape index (κ3) is 5.73. The second-order valence-corrected chi connectivity index (χ2v) is 13.0. The number of aryl methyl sites for hydroxylation is 4. The van der Waals surface area contributed by atoms with E-state index >= 15 is 0 Å². The Bertz CT molecular complexity index is 2480. The molecule has 3 heteroatoms. The predicted octanol–water partition coefficient (Wildman–Crippen LogP) is 12.5. The zero-order chi connectivity index (χ0) is 32.5. The summed E-state index contributed by atoms with van der Waals surface area (Å²) in [6, 6.07) is 49.3. The summed E-state index contributed by atoms with van der Waals surface area (Å²) < 4.78 is 5.49. The van der Waals surface area contributed by atoms with Crippen molar-refractivity contribution in [2.24, 2.45) is 14.1 Å². The van der Waals surface area contributed by atoms with Crippen LogP contribution < -0.4 is 0 Å². The first-order valence-electron chi connectivity index (χ1n) is 16.0. The summed E-state index contributed by atoms with van der Waals surface area (Å²) in [7, 11) is 4.19. The van der Waals surface area contributed by atoms with E-state index in [4.69, 9.17) is 0 Å². The minimum atomic E-state index is 1.14. The zero-order valence-corrected chi connectivity index (χ0v) is 28.8. The van der Waals surface area contributed by atoms with Crippen molar-refractivity contribution in [1.82, 2.24) is 9.13 Å². The topological polar surface area (TPSA) is 9.86 Å². The van der Waals surface area contributed by atoms with Gasteiger partial charge in [-0.25, -0.2) is 0 Å². The Morgan fingerprint density at radius 3 is 1.57 bits per heavy atom. The third-order valence-corrected chi connectivity index (χ3v) is 10.0. The third-order valence-electron chi connectivity index (χ3n) is 9.34. The molecule has 0 fully saturated rings. The summed E-state index contributed by atoms with van der Waals surface area (Å²) in [5.41, 5.74) is 7.85. The van der Waals surface area contributed by atoms with Crippen molar-refractivity contribution in [3.63, 3.8) is 0 Å². The van der Waals surface area contributed by atoms with E-state index in [1.54, 1.807) is 0 Å². The Morgan fingerprint density at radius 1 is 0.426 bits per heavy atom. The van der Waals surface area contributed by atoms with Crippen molar-refractivity contribution in [3.05, 3.63) is 168 Å². The van der Waals surface area contributed by atoms with Gasteiger partial charge in [0.05, 0.1) is 0 Å². The van der Waals surface area contributed by atoms with Gasteiger partial charge in [-0.3, -0.25) is 0 Å². The molecule has 2 nitrogen and oxygen atoms in total. The second kappa shape index (κ2) is 12.9. The molecule has 0 saturated carbocycles. The summed E-state index contributed by atoms with van der Waals surface area (Å²) in [5.74, 6) is 0. The van der Waals surface area contributed by atoms with Crippen molar-refractivity contribution in [1.29, 1.82) is 0 Å². The van der Waals surface area contributed by atoms with E-state index in [1.807, 2.05) is 18.2 Å². The van der Waals surface area contributed by atoms with Crippen molar-refractivity contribution < 1.29 is 0 Å². The lowest BCUT2D eigenvalue weighted by molar-refractivity contribution is 0.969. The quantitative estimate of drug-likeness (QED) is 0.154. The van der Waals surface area contributed by atoms with Gasteiger partial charge < -0.3 is 9.13 Å². The highest BCUT2D eigenvalue weighted by molar-refractivity contribution is 9.10. The van der Waals surface area contributed by atoms with E-state index in [2.05, 4.69) is 187 Å². The first-order chi connectivity index (χ1) is 22.9. The van der Waals surface area contributed by atoms with Crippen LogP contribution >= 0.6 is 15.9 Å². The lowest BCUT2D eigenvalue weighted by atomic mass is 9.93. The van der Waals surface area contributed by atoms with E-state index < -0.39 is 0 Å². The molecule has 0 aliphatic heterocycles. The highest BCUT2D eigenvalue weighted by Gasteiger charge is 2.11. The molecule has 230 valence electrons. The van der Waals surface area contributed by atoms with E-state index in [1.165, 1.54) is 76.4 Å². The van der Waals surface area contributed by atoms with Crippen LogP contribution in [0.1, 0.15) is 11.1 Å². The Balaban J connectivity index is 0.000000121. The van der Waals surface area contributed by atoms with Crippen LogP contribution in [0.4, 0.5) is 0 Å². The van der Waals surface area contributed by atoms with Crippen molar-refractivity contribution in [3.8, 4) is 11.1 Å². The van der Waals surface area contributed by atoms with Crippen LogP contribution in [0.3, 0.4) is 0 Å². The molecule has 0 amide bonds. The molecular weight excluding hydrogens is 636 g/mol. The Morgan fingerprint density at radius 2 is 0.915 bits per heavy atom. The van der Waals surface area contributed by atoms with Crippen LogP contribution in [-0.2, 0) is 14.1 Å². The Labute approximate surface area is 284 Å². The van der Waals surface area contributed by atoms with E-state index in [9.17, 15) is 0 Å². The molecule has 47 heavy (non-hydrogen) atoms. The van der Waals surface area contributed by atoms with Gasteiger partial charge in [-0.05, 0) is 98.8 Å². The van der Waals surface area contributed by atoms with Gasteiger partial charge in [-0.1, -0.05) is 125 Å². The van der Waals surface area contributed by atoms with Crippen molar-refractivity contribution in [2.45, 2.75) is 13.8 Å². The molecule has 0 aliphatic rings. The molecule has 2 heterocycles. The maximum atomic E-state index is 3.53. The van der Waals surface area contributed by atoms with Crippen LogP contribution in [0.2, 0.25) is 0 Å². The fraction of sp³-hybridized carbons (Fsp3) is 0.0909. The summed E-state index contributed by atoms with van der Waals surface area (Å²) in [4.78, 5) is 0. The number of fused-ring (bicyclic) bond motifs is 9. The minimum Gasteiger partial charge on any atom is -0.351 e. The Kier molecular flexibility index (Phi) is 8.41. The van der Waals surface area contributed by atoms with Gasteiger partial charge in [0.25, 0.3) is 0 Å². The van der Waals surface area contributed by atoms with E-state index in [-0.39, 0.29) is 0 Å². The second-order valence-electron chi connectivity index (χ2n) is 12.2. The molecule has 7 aromatic carbocycles. The molecule has 2 aromatic heterocycles. The number of halogens is 1. The molecular formula is C44H37BrN2. The van der Waals surface area contributed by atoms with E-state index in [0.29, 0.717) is 0 Å². The van der Waals surface area contributed by atoms with Crippen molar-refractivity contribution in [2.75, 3.05) is 0 Å². The number of benzene rings is 7. The molecule has 0 N–H and O–H groups in total. The average molecular weight is 674 g/mol. The monoisotopic (exact) mass is 672 g/mol. The number of hydrogen-bond acceptors (Lipinski definition) is 0. The highest BCUT2D eigenvalue weighted by Crippen LogP contribution is 2.38. The van der Waals surface area contributed by atoms with Gasteiger partial charge in [0.15, 0.2) is 0 Å². The van der Waals surface area contributed by atoms with Gasteiger partial charge in [0.1, 0.15) is 0 Å². The number of rotatable bonds is 1. The van der Waals surface area contributed by atoms with Crippen LogP contribution in [0.25, 0.3) is 65.3 Å². The van der Waals surface area contributed by atoms with Crippen LogP contribution in [0.5, 0.6) is 0 Å². The summed E-state index contributed by atoms with van der Waals surface area (Å²) in [6.07, 6.45) is 4.26. The molecule has 0 aliphatic carbocycles. The smallest absolute Gasteiger partial charge is 0.0484 e. The van der Waals surface area contributed by atoms with Gasteiger partial charge in [0, 0.05) is 52.8 Å². The summed E-state index contributed by atoms with van der Waals surface area (Å²) in [6.45, 7) is 4.33. The molecule has 9 aromatic rings. The largest absolute Gasteiger partial charge is 0.351 e. The SMILES string of the molecule is Brc1ccccc1-c1ccccc1.Cc1ccc2c(ccn2C)c1C.Cn1ccc2c3c4ccccc4c4ccccc4c3ccc21. The van der Waals surface area contributed by atoms with Crippen LogP contribution in [0, 0.1) is 13.8 Å². The Hall–Kier alpha value is -5.12. The molecule has 0 unspecified atom stereocenters. The minimum absolute atomic E-state index is 1.14. The molecule has 9 rings (SSSR count). The summed E-state index contributed by atoms with van der Waals surface area (Å²) in [5, 5.41) is 10.8. The molecule has 0 saturated heterocycles. The standard InChI is InChI=1S/C21H15N.C12H9Br.C11H13N/c1-22-13-12-19-20(22)11-10-18-16-8-3-2-6-14(16)15-7-4-5-9-17(15)21(18)19;13-12-9-5-4-8-11(12)10-6-2-1-3-7-10;1-8-4-5-11-10(9(8)2)6-7-12(11)3/h2-13H,1H3;1-9H;4-7H,1-3H3. The zero-order valence-electron chi connectivity index (χ0n) is 27.2. The van der Waals surface area contributed by atoms with Crippen LogP contribution in [-0.4, -0.2) is 9.13 Å². The molecule has 0 radical (unpaired) electrons. The molecule has 0 spiro atoms. The first-order valence-corrected chi connectivity index (χ1v) is 16.8. The maximum absolute atomic E-state index is 3.53. The van der Waals surface area contributed by atoms with Gasteiger partial charge in [-0.15, -0.1) is 0 Å². The maximum Gasteiger partial charge on any atom is 0.0484 e. The van der Waals surface area contributed by atoms with Gasteiger partial charge in [0.2, 0.25) is 0 Å². The highest BCUT2D eigenvalue weighted by atomic mass is 79.9. The van der Waals surface area contributed by atoms with Crippen LogP contribution in [0.15, 0.2) is 156 Å². The lowest BCUT2D eigenvalue weighted by Gasteiger charge is -2.11. The normalized spacial score (nSPS) is 11.1. The predicted molar refractivity (Wildman–Crippen MR) is 207 cm³/mol.